The Labute approximate surface area is 112 Å². The lowest BCUT2D eigenvalue weighted by atomic mass is 10.1. The Kier molecular flexibility index (Phi) is 5.03. The molecule has 0 aliphatic carbocycles. The fraction of sp³-hybridized carbons (Fsp3) is 0.500. The smallest absolute Gasteiger partial charge is 0.244 e. The number of nitrogens with two attached hydrogens (primary N) is 1. The number of aromatic nitrogens is 1. The molecule has 5 nitrogen and oxygen atoms in total. The number of pyridine rings is 1. The van der Waals surface area contributed by atoms with E-state index in [1.54, 1.807) is 0 Å². The molecule has 2 N–H and O–H groups in total. The molecule has 0 radical (unpaired) electrons. The van der Waals surface area contributed by atoms with Crippen molar-refractivity contribution in [2.45, 2.75) is 23.8 Å². The highest BCUT2D eigenvalue weighted by atomic mass is 35.5. The molecular formula is C10H15ClFN3O2S. The van der Waals surface area contributed by atoms with Gasteiger partial charge in [0.1, 0.15) is 10.7 Å². The maximum Gasteiger partial charge on any atom is 0.244 e. The summed E-state index contributed by atoms with van der Waals surface area (Å²) in [5.74, 6) is -0.660. The second kappa shape index (κ2) is 5.92. The highest BCUT2D eigenvalue weighted by Crippen LogP contribution is 2.19. The van der Waals surface area contributed by atoms with Gasteiger partial charge >= 0.3 is 0 Å². The third kappa shape index (κ3) is 3.17. The normalized spacial score (nSPS) is 21.3. The summed E-state index contributed by atoms with van der Waals surface area (Å²) in [5, 5.41) is 0. The monoisotopic (exact) mass is 295 g/mol. The zero-order chi connectivity index (χ0) is 12.5. The number of hydrogen-bond donors (Lipinski definition) is 1. The lowest BCUT2D eigenvalue weighted by Gasteiger charge is -2.29. The minimum absolute atomic E-state index is 0. The van der Waals surface area contributed by atoms with Gasteiger partial charge in [-0.25, -0.2) is 12.8 Å². The van der Waals surface area contributed by atoms with Gasteiger partial charge in [0.25, 0.3) is 0 Å². The van der Waals surface area contributed by atoms with Crippen molar-refractivity contribution < 1.29 is 12.8 Å². The number of hydrogen-bond acceptors (Lipinski definition) is 4. The van der Waals surface area contributed by atoms with E-state index in [-0.39, 0.29) is 29.9 Å². The molecule has 1 saturated heterocycles. The van der Waals surface area contributed by atoms with Crippen LogP contribution in [-0.4, -0.2) is 36.8 Å². The van der Waals surface area contributed by atoms with Gasteiger partial charge in [0, 0.05) is 25.3 Å². The summed E-state index contributed by atoms with van der Waals surface area (Å²) in [6.07, 6.45) is 3.66. The number of rotatable bonds is 2. The van der Waals surface area contributed by atoms with Gasteiger partial charge in [-0.05, 0) is 18.9 Å². The van der Waals surface area contributed by atoms with Crippen molar-refractivity contribution in [2.24, 2.45) is 5.73 Å². The summed E-state index contributed by atoms with van der Waals surface area (Å²) in [4.78, 5) is 3.43. The fourth-order valence-corrected chi connectivity index (χ4v) is 3.39. The quantitative estimate of drug-likeness (QED) is 0.874. The van der Waals surface area contributed by atoms with Gasteiger partial charge in [-0.15, -0.1) is 12.4 Å². The molecule has 1 aromatic rings. The maximum atomic E-state index is 13.0. The van der Waals surface area contributed by atoms with Crippen molar-refractivity contribution in [3.63, 3.8) is 0 Å². The largest absolute Gasteiger partial charge is 0.327 e. The van der Waals surface area contributed by atoms with Gasteiger partial charge in [-0.2, -0.15) is 4.31 Å². The fourth-order valence-electron chi connectivity index (χ4n) is 1.87. The van der Waals surface area contributed by atoms with E-state index in [1.807, 2.05) is 0 Å². The number of halogens is 2. The molecule has 0 spiro atoms. The van der Waals surface area contributed by atoms with Gasteiger partial charge < -0.3 is 5.73 Å². The average molecular weight is 296 g/mol. The van der Waals surface area contributed by atoms with Crippen LogP contribution in [0.15, 0.2) is 23.4 Å². The molecule has 0 aromatic carbocycles. The number of sulfonamides is 1. The Morgan fingerprint density at radius 3 is 2.78 bits per heavy atom. The first-order chi connectivity index (χ1) is 8.00. The molecule has 2 heterocycles. The van der Waals surface area contributed by atoms with Gasteiger partial charge in [-0.3, -0.25) is 4.98 Å². The predicted molar refractivity (Wildman–Crippen MR) is 67.4 cm³/mol. The third-order valence-electron chi connectivity index (χ3n) is 2.74. The van der Waals surface area contributed by atoms with Crippen LogP contribution in [0.1, 0.15) is 12.8 Å². The van der Waals surface area contributed by atoms with Crippen LogP contribution in [0.4, 0.5) is 4.39 Å². The van der Waals surface area contributed by atoms with Gasteiger partial charge in [0.2, 0.25) is 10.0 Å². The van der Waals surface area contributed by atoms with Crippen LogP contribution in [0, 0.1) is 5.82 Å². The molecule has 1 fully saturated rings. The Bertz CT molecular complexity index is 512. The van der Waals surface area contributed by atoms with E-state index in [2.05, 4.69) is 4.98 Å². The minimum Gasteiger partial charge on any atom is -0.327 e. The summed E-state index contributed by atoms with van der Waals surface area (Å²) < 4.78 is 38.6. The Morgan fingerprint density at radius 2 is 2.17 bits per heavy atom. The molecule has 102 valence electrons. The highest BCUT2D eigenvalue weighted by molar-refractivity contribution is 7.89. The average Bonchev–Trinajstić information content (AvgIpc) is 2.29. The van der Waals surface area contributed by atoms with E-state index < -0.39 is 15.8 Å². The van der Waals surface area contributed by atoms with Crippen LogP contribution in [0.2, 0.25) is 0 Å². The van der Waals surface area contributed by atoms with Crippen LogP contribution in [0.5, 0.6) is 0 Å². The van der Waals surface area contributed by atoms with Crippen molar-refractivity contribution in [1.29, 1.82) is 0 Å². The summed E-state index contributed by atoms with van der Waals surface area (Å²) in [5.41, 5.74) is 5.73. The van der Waals surface area contributed by atoms with Crippen LogP contribution >= 0.6 is 12.4 Å². The van der Waals surface area contributed by atoms with E-state index in [0.717, 1.165) is 31.3 Å². The van der Waals surface area contributed by atoms with Gasteiger partial charge in [0.15, 0.2) is 0 Å². The maximum absolute atomic E-state index is 13.0. The first-order valence-corrected chi connectivity index (χ1v) is 6.80. The molecule has 2 rings (SSSR count). The second-order valence-electron chi connectivity index (χ2n) is 4.10. The van der Waals surface area contributed by atoms with E-state index in [1.165, 1.54) is 4.31 Å². The van der Waals surface area contributed by atoms with Crippen molar-refractivity contribution in [2.75, 3.05) is 13.1 Å². The van der Waals surface area contributed by atoms with Crippen LogP contribution in [0.25, 0.3) is 0 Å². The molecular weight excluding hydrogens is 281 g/mol. The van der Waals surface area contributed by atoms with Crippen molar-refractivity contribution in [3.8, 4) is 0 Å². The zero-order valence-electron chi connectivity index (χ0n) is 9.62. The Hall–Kier alpha value is -0.760. The molecule has 1 unspecified atom stereocenters. The molecule has 18 heavy (non-hydrogen) atoms. The first-order valence-electron chi connectivity index (χ1n) is 5.36. The van der Waals surface area contributed by atoms with Crippen molar-refractivity contribution >= 4 is 22.4 Å². The van der Waals surface area contributed by atoms with E-state index in [9.17, 15) is 12.8 Å². The predicted octanol–water partition coefficient (Wildman–Crippen LogP) is 0.754. The molecule has 1 atom stereocenters. The molecule has 0 amide bonds. The summed E-state index contributed by atoms with van der Waals surface area (Å²) in [6, 6.07) is 0.822. The van der Waals surface area contributed by atoms with Crippen LogP contribution in [-0.2, 0) is 10.0 Å². The molecule has 0 bridgehead atoms. The number of piperidine rings is 1. The Morgan fingerprint density at radius 1 is 1.44 bits per heavy atom. The van der Waals surface area contributed by atoms with Crippen LogP contribution < -0.4 is 5.73 Å². The summed E-state index contributed by atoms with van der Waals surface area (Å²) in [6.45, 7) is 0.700. The number of nitrogens with zero attached hydrogens (tertiary/aromatic N) is 2. The van der Waals surface area contributed by atoms with E-state index >= 15 is 0 Å². The standard InChI is InChI=1S/C10H14FN3O2S.ClH/c11-8-4-10(6-13-5-8)17(15,16)14-3-1-2-9(12)7-14;/h4-6,9H,1-3,7,12H2;1H. The highest BCUT2D eigenvalue weighted by Gasteiger charge is 2.29. The Balaban J connectivity index is 0.00000162. The summed E-state index contributed by atoms with van der Waals surface area (Å²) in [7, 11) is -3.67. The van der Waals surface area contributed by atoms with E-state index in [0.29, 0.717) is 6.54 Å². The van der Waals surface area contributed by atoms with Crippen molar-refractivity contribution in [1.82, 2.24) is 9.29 Å². The minimum atomic E-state index is -3.67. The molecule has 0 saturated carbocycles. The first kappa shape index (κ1) is 15.3. The molecule has 1 aliphatic rings. The summed E-state index contributed by atoms with van der Waals surface area (Å²) >= 11 is 0. The zero-order valence-corrected chi connectivity index (χ0v) is 11.3. The molecule has 1 aromatic heterocycles. The topological polar surface area (TPSA) is 76.3 Å². The molecule has 1 aliphatic heterocycles. The third-order valence-corrected chi connectivity index (χ3v) is 4.57. The van der Waals surface area contributed by atoms with Crippen LogP contribution in [0.3, 0.4) is 0 Å². The SMILES string of the molecule is Cl.NC1CCCN(S(=O)(=O)c2cncc(F)c2)C1. The molecule has 8 heteroatoms. The van der Waals surface area contributed by atoms with Gasteiger partial charge in [-0.1, -0.05) is 0 Å². The van der Waals surface area contributed by atoms with Gasteiger partial charge in [0.05, 0.1) is 6.20 Å². The van der Waals surface area contributed by atoms with Crippen molar-refractivity contribution in [3.05, 3.63) is 24.3 Å². The second-order valence-corrected chi connectivity index (χ2v) is 6.04. The lowest BCUT2D eigenvalue weighted by Crippen LogP contribution is -2.45. The van der Waals surface area contributed by atoms with E-state index in [4.69, 9.17) is 5.73 Å². The lowest BCUT2D eigenvalue weighted by molar-refractivity contribution is 0.316.